The van der Waals surface area contributed by atoms with E-state index in [1.165, 1.54) is 0 Å². The molecule has 1 N–H and O–H groups in total. The second-order valence-electron chi connectivity index (χ2n) is 6.42. The third-order valence-electron chi connectivity index (χ3n) is 4.20. The Morgan fingerprint density at radius 2 is 1.96 bits per heavy atom. The number of rotatable bonds is 5. The highest BCUT2D eigenvalue weighted by atomic mass is 16.5. The van der Waals surface area contributed by atoms with Gasteiger partial charge in [0.05, 0.1) is 41.3 Å². The van der Waals surface area contributed by atoms with Crippen molar-refractivity contribution in [3.05, 3.63) is 36.8 Å². The van der Waals surface area contributed by atoms with Crippen molar-refractivity contribution in [2.24, 2.45) is 0 Å². The average molecular weight is 313 g/mol. The van der Waals surface area contributed by atoms with Crippen molar-refractivity contribution >= 4 is 21.9 Å². The van der Waals surface area contributed by atoms with E-state index in [1.54, 1.807) is 12.5 Å². The molecule has 0 aliphatic heterocycles. The normalized spacial score (nSPS) is 15.2. The standard InChI is InChI=1S/C18H23N3O2/c1-5-23-12(2)17(18(3,4)22)21-11-20-15-10-19-14-9-7-6-8-13(14)16(15)21/h6-12,17,22H,5H2,1-4H3/t12-,17+/m0/s1. The maximum absolute atomic E-state index is 10.7. The summed E-state index contributed by atoms with van der Waals surface area (Å²) in [5, 5.41) is 11.8. The monoisotopic (exact) mass is 313 g/mol. The third-order valence-corrected chi connectivity index (χ3v) is 4.20. The Kier molecular flexibility index (Phi) is 4.08. The molecule has 5 nitrogen and oxygen atoms in total. The maximum atomic E-state index is 10.7. The predicted octanol–water partition coefficient (Wildman–Crippen LogP) is 3.32. The number of aromatic nitrogens is 3. The van der Waals surface area contributed by atoms with Crippen molar-refractivity contribution in [2.45, 2.75) is 45.4 Å². The summed E-state index contributed by atoms with van der Waals surface area (Å²) in [4.78, 5) is 8.94. The van der Waals surface area contributed by atoms with E-state index in [1.807, 2.05) is 56.5 Å². The van der Waals surface area contributed by atoms with Crippen molar-refractivity contribution in [2.75, 3.05) is 6.61 Å². The van der Waals surface area contributed by atoms with E-state index in [9.17, 15) is 5.11 Å². The minimum absolute atomic E-state index is 0.149. The van der Waals surface area contributed by atoms with Crippen LogP contribution in [-0.2, 0) is 4.74 Å². The lowest BCUT2D eigenvalue weighted by Crippen LogP contribution is -2.41. The highest BCUT2D eigenvalue weighted by Gasteiger charge is 2.35. The lowest BCUT2D eigenvalue weighted by atomic mass is 9.93. The molecule has 0 fully saturated rings. The first-order chi connectivity index (χ1) is 10.9. The number of imidazole rings is 1. The molecule has 0 saturated carbocycles. The van der Waals surface area contributed by atoms with Gasteiger partial charge in [0, 0.05) is 12.0 Å². The Morgan fingerprint density at radius 1 is 1.22 bits per heavy atom. The molecule has 5 heteroatoms. The minimum Gasteiger partial charge on any atom is -0.388 e. The molecule has 0 unspecified atom stereocenters. The SMILES string of the molecule is CCO[C@@H](C)[C@@H](n1cnc2cnc3ccccc3c21)C(C)(C)O. The second kappa shape index (κ2) is 5.91. The van der Waals surface area contributed by atoms with E-state index < -0.39 is 5.60 Å². The first-order valence-electron chi connectivity index (χ1n) is 7.97. The van der Waals surface area contributed by atoms with Gasteiger partial charge in [0.2, 0.25) is 0 Å². The summed E-state index contributed by atoms with van der Waals surface area (Å²) in [6, 6.07) is 7.73. The van der Waals surface area contributed by atoms with Crippen LogP contribution in [0.25, 0.3) is 21.9 Å². The molecule has 0 aliphatic carbocycles. The Balaban J connectivity index is 2.26. The number of hydrogen-bond acceptors (Lipinski definition) is 4. The van der Waals surface area contributed by atoms with E-state index >= 15 is 0 Å². The summed E-state index contributed by atoms with van der Waals surface area (Å²) in [6.45, 7) is 8.16. The van der Waals surface area contributed by atoms with Gasteiger partial charge >= 0.3 is 0 Å². The number of para-hydroxylation sites is 1. The zero-order valence-electron chi connectivity index (χ0n) is 14.0. The topological polar surface area (TPSA) is 60.2 Å². The van der Waals surface area contributed by atoms with Gasteiger partial charge in [0.25, 0.3) is 0 Å². The Bertz CT molecular complexity index is 820. The van der Waals surface area contributed by atoms with Crippen LogP contribution in [0, 0.1) is 0 Å². The van der Waals surface area contributed by atoms with Crippen LogP contribution in [0.4, 0.5) is 0 Å². The van der Waals surface area contributed by atoms with Crippen LogP contribution < -0.4 is 0 Å². The number of hydrogen-bond donors (Lipinski definition) is 1. The third kappa shape index (κ3) is 2.82. The van der Waals surface area contributed by atoms with Crippen molar-refractivity contribution in [1.29, 1.82) is 0 Å². The Labute approximate surface area is 135 Å². The van der Waals surface area contributed by atoms with E-state index in [0.29, 0.717) is 6.61 Å². The van der Waals surface area contributed by atoms with Crippen molar-refractivity contribution in [3.63, 3.8) is 0 Å². The number of ether oxygens (including phenoxy) is 1. The zero-order chi connectivity index (χ0) is 16.6. The molecular weight excluding hydrogens is 290 g/mol. The summed E-state index contributed by atoms with van der Waals surface area (Å²) in [7, 11) is 0. The van der Waals surface area contributed by atoms with Crippen LogP contribution in [0.3, 0.4) is 0 Å². The summed E-state index contributed by atoms with van der Waals surface area (Å²) in [6.07, 6.45) is 3.40. The van der Waals surface area contributed by atoms with Gasteiger partial charge < -0.3 is 14.4 Å². The zero-order valence-corrected chi connectivity index (χ0v) is 14.0. The molecule has 0 bridgehead atoms. The molecule has 3 rings (SSSR count). The molecule has 2 aromatic heterocycles. The first-order valence-corrected chi connectivity index (χ1v) is 7.97. The summed E-state index contributed by atoms with van der Waals surface area (Å²) < 4.78 is 7.82. The lowest BCUT2D eigenvalue weighted by Gasteiger charge is -2.35. The van der Waals surface area contributed by atoms with Crippen LogP contribution in [0.15, 0.2) is 36.8 Å². The predicted molar refractivity (Wildman–Crippen MR) is 91.5 cm³/mol. The van der Waals surface area contributed by atoms with E-state index in [-0.39, 0.29) is 12.1 Å². The largest absolute Gasteiger partial charge is 0.388 e. The Hall–Kier alpha value is -1.98. The van der Waals surface area contributed by atoms with Gasteiger partial charge in [-0.15, -0.1) is 0 Å². The molecular formula is C18H23N3O2. The highest BCUT2D eigenvalue weighted by Crippen LogP contribution is 2.33. The van der Waals surface area contributed by atoms with Gasteiger partial charge in [-0.05, 0) is 33.8 Å². The van der Waals surface area contributed by atoms with Gasteiger partial charge in [0.15, 0.2) is 0 Å². The minimum atomic E-state index is -0.952. The smallest absolute Gasteiger partial charge is 0.107 e. The van der Waals surface area contributed by atoms with Crippen LogP contribution >= 0.6 is 0 Å². The van der Waals surface area contributed by atoms with E-state index in [4.69, 9.17) is 4.74 Å². The van der Waals surface area contributed by atoms with Gasteiger partial charge in [-0.1, -0.05) is 18.2 Å². The number of fused-ring (bicyclic) bond motifs is 3. The van der Waals surface area contributed by atoms with E-state index in [0.717, 1.165) is 21.9 Å². The van der Waals surface area contributed by atoms with E-state index in [2.05, 4.69) is 9.97 Å². The molecule has 0 amide bonds. The van der Waals surface area contributed by atoms with Gasteiger partial charge in [-0.2, -0.15) is 0 Å². The molecule has 23 heavy (non-hydrogen) atoms. The lowest BCUT2D eigenvalue weighted by molar-refractivity contribution is -0.0573. The van der Waals surface area contributed by atoms with Crippen molar-refractivity contribution in [1.82, 2.24) is 14.5 Å². The highest BCUT2D eigenvalue weighted by molar-refractivity contribution is 6.02. The van der Waals surface area contributed by atoms with Gasteiger partial charge in [0.1, 0.15) is 5.52 Å². The fourth-order valence-corrected chi connectivity index (χ4v) is 3.37. The molecule has 0 spiro atoms. The van der Waals surface area contributed by atoms with Crippen molar-refractivity contribution in [3.8, 4) is 0 Å². The first kappa shape index (κ1) is 15.9. The molecule has 1 aromatic carbocycles. The molecule has 3 aromatic rings. The van der Waals surface area contributed by atoms with Crippen LogP contribution in [0.5, 0.6) is 0 Å². The molecule has 2 heterocycles. The van der Waals surface area contributed by atoms with Crippen LogP contribution in [0.1, 0.15) is 33.7 Å². The maximum Gasteiger partial charge on any atom is 0.107 e. The van der Waals surface area contributed by atoms with Crippen molar-refractivity contribution < 1.29 is 9.84 Å². The Morgan fingerprint density at radius 3 is 2.65 bits per heavy atom. The summed E-state index contributed by atoms with van der Waals surface area (Å²) >= 11 is 0. The molecule has 0 aliphatic rings. The average Bonchev–Trinajstić information content (AvgIpc) is 2.90. The number of pyridine rings is 1. The van der Waals surface area contributed by atoms with Crippen LogP contribution in [-0.4, -0.2) is 38.0 Å². The number of nitrogens with zero attached hydrogens (tertiary/aromatic N) is 3. The second-order valence-corrected chi connectivity index (χ2v) is 6.42. The molecule has 2 atom stereocenters. The fraction of sp³-hybridized carbons (Fsp3) is 0.444. The van der Waals surface area contributed by atoms with Gasteiger partial charge in [-0.3, -0.25) is 4.98 Å². The molecule has 0 radical (unpaired) electrons. The molecule has 0 saturated heterocycles. The summed E-state index contributed by atoms with van der Waals surface area (Å²) in [5.41, 5.74) is 1.77. The van der Waals surface area contributed by atoms with Gasteiger partial charge in [-0.25, -0.2) is 4.98 Å². The summed E-state index contributed by atoms with van der Waals surface area (Å²) in [5.74, 6) is 0. The fourth-order valence-electron chi connectivity index (χ4n) is 3.37. The number of benzene rings is 1. The quantitative estimate of drug-likeness (QED) is 0.785. The van der Waals surface area contributed by atoms with Crippen LogP contribution in [0.2, 0.25) is 0 Å². The molecule has 122 valence electrons. The number of aliphatic hydroxyl groups is 1.